The summed E-state index contributed by atoms with van der Waals surface area (Å²) in [6.45, 7) is 1.85. The summed E-state index contributed by atoms with van der Waals surface area (Å²) in [6.07, 6.45) is 2.49. The highest BCUT2D eigenvalue weighted by Crippen LogP contribution is 2.42. The molecule has 0 N–H and O–H groups in total. The molecule has 2 aliphatic rings. The van der Waals surface area contributed by atoms with Gasteiger partial charge in [0.1, 0.15) is 29.7 Å². The van der Waals surface area contributed by atoms with Gasteiger partial charge < -0.3 is 18.9 Å². The van der Waals surface area contributed by atoms with Gasteiger partial charge in [-0.1, -0.05) is 29.8 Å². The van der Waals surface area contributed by atoms with Gasteiger partial charge in [-0.3, -0.25) is 9.69 Å². The SMILES string of the molecule is COc1ccc(OC)c(/C=C2\Oc3c(ccc4c3CN(CCc3ccccc3Cl)CO4)C2=O)c1. The molecular weight excluding hydrogens is 454 g/mol. The molecule has 0 bridgehead atoms. The fourth-order valence-corrected chi connectivity index (χ4v) is 4.45. The van der Waals surface area contributed by atoms with Crippen LogP contribution in [0.5, 0.6) is 23.0 Å². The van der Waals surface area contributed by atoms with E-state index in [1.54, 1.807) is 44.6 Å². The molecule has 6 nitrogen and oxygen atoms in total. The molecule has 7 heteroatoms. The van der Waals surface area contributed by atoms with E-state index >= 15 is 0 Å². The van der Waals surface area contributed by atoms with E-state index in [9.17, 15) is 4.79 Å². The summed E-state index contributed by atoms with van der Waals surface area (Å²) in [5.41, 5.74) is 3.20. The number of methoxy groups -OCH3 is 2. The lowest BCUT2D eigenvalue weighted by Gasteiger charge is -2.29. The van der Waals surface area contributed by atoms with E-state index < -0.39 is 0 Å². The van der Waals surface area contributed by atoms with Gasteiger partial charge in [-0.05, 0) is 54.5 Å². The van der Waals surface area contributed by atoms with E-state index in [-0.39, 0.29) is 11.5 Å². The summed E-state index contributed by atoms with van der Waals surface area (Å²) in [5.74, 6) is 2.64. The van der Waals surface area contributed by atoms with Crippen LogP contribution in [0.1, 0.15) is 27.0 Å². The lowest BCUT2D eigenvalue weighted by atomic mass is 10.0. The number of benzene rings is 3. The van der Waals surface area contributed by atoms with Crippen LogP contribution < -0.4 is 18.9 Å². The van der Waals surface area contributed by atoms with E-state index in [0.717, 1.165) is 34.9 Å². The average Bonchev–Trinajstić information content (AvgIpc) is 3.19. The summed E-state index contributed by atoms with van der Waals surface area (Å²) in [6, 6.07) is 16.9. The first kappa shape index (κ1) is 22.3. The van der Waals surface area contributed by atoms with Gasteiger partial charge in [-0.15, -0.1) is 0 Å². The molecular formula is C27H24ClNO5. The van der Waals surface area contributed by atoms with Crippen molar-refractivity contribution < 1.29 is 23.7 Å². The first-order valence-electron chi connectivity index (χ1n) is 11.0. The molecule has 5 rings (SSSR count). The molecule has 0 atom stereocenters. The van der Waals surface area contributed by atoms with Crippen LogP contribution in [0.3, 0.4) is 0 Å². The first-order chi connectivity index (χ1) is 16.6. The number of nitrogens with zero attached hydrogens (tertiary/aromatic N) is 1. The van der Waals surface area contributed by atoms with Crippen LogP contribution in [-0.2, 0) is 13.0 Å². The van der Waals surface area contributed by atoms with Crippen molar-refractivity contribution >= 4 is 23.5 Å². The minimum atomic E-state index is -0.170. The smallest absolute Gasteiger partial charge is 0.231 e. The number of carbonyl (C=O) groups is 1. The van der Waals surface area contributed by atoms with E-state index in [0.29, 0.717) is 41.7 Å². The lowest BCUT2D eigenvalue weighted by Crippen LogP contribution is -2.33. The fraction of sp³-hybridized carbons (Fsp3) is 0.222. The molecule has 0 unspecified atom stereocenters. The molecule has 0 aromatic heterocycles. The zero-order valence-corrected chi connectivity index (χ0v) is 19.7. The summed E-state index contributed by atoms with van der Waals surface area (Å²) < 4.78 is 22.8. The number of rotatable bonds is 6. The van der Waals surface area contributed by atoms with Crippen molar-refractivity contribution in [3.63, 3.8) is 0 Å². The van der Waals surface area contributed by atoms with Crippen molar-refractivity contribution in [3.05, 3.63) is 87.6 Å². The zero-order chi connectivity index (χ0) is 23.7. The highest BCUT2D eigenvalue weighted by molar-refractivity contribution is 6.31. The number of allylic oxidation sites excluding steroid dienone is 1. The van der Waals surface area contributed by atoms with Crippen LogP contribution in [0.2, 0.25) is 5.02 Å². The Morgan fingerprint density at radius 3 is 2.74 bits per heavy atom. The Hall–Kier alpha value is -3.48. The lowest BCUT2D eigenvalue weighted by molar-refractivity contribution is 0.0950. The Balaban J connectivity index is 1.39. The molecule has 2 heterocycles. The van der Waals surface area contributed by atoms with Crippen LogP contribution in [0.4, 0.5) is 0 Å². The second-order valence-corrected chi connectivity index (χ2v) is 8.54. The molecule has 2 aliphatic heterocycles. The summed E-state index contributed by atoms with van der Waals surface area (Å²) in [7, 11) is 3.18. The zero-order valence-electron chi connectivity index (χ0n) is 19.0. The molecule has 0 spiro atoms. The number of Topliss-reactive ketones (excluding diaryl/α,β-unsaturated/α-hetero) is 1. The number of carbonyl (C=O) groups excluding carboxylic acids is 1. The predicted molar refractivity (Wildman–Crippen MR) is 130 cm³/mol. The Bertz CT molecular complexity index is 1290. The third-order valence-electron chi connectivity index (χ3n) is 6.06. The maximum atomic E-state index is 13.1. The van der Waals surface area contributed by atoms with Crippen LogP contribution in [0.25, 0.3) is 6.08 Å². The molecule has 0 aliphatic carbocycles. The Labute approximate surface area is 203 Å². The summed E-state index contributed by atoms with van der Waals surface area (Å²) in [5, 5.41) is 0.762. The second kappa shape index (κ2) is 9.41. The topological polar surface area (TPSA) is 57.2 Å². The molecule has 0 fully saturated rings. The molecule has 0 radical (unpaired) electrons. The van der Waals surface area contributed by atoms with Gasteiger partial charge >= 0.3 is 0 Å². The van der Waals surface area contributed by atoms with Gasteiger partial charge in [0.15, 0.2) is 5.76 Å². The monoisotopic (exact) mass is 477 g/mol. The molecule has 3 aromatic carbocycles. The van der Waals surface area contributed by atoms with E-state index in [1.165, 1.54) is 0 Å². The van der Waals surface area contributed by atoms with Gasteiger partial charge in [0.25, 0.3) is 0 Å². The average molecular weight is 478 g/mol. The summed E-state index contributed by atoms with van der Waals surface area (Å²) >= 11 is 6.31. The molecule has 0 saturated heterocycles. The van der Waals surface area contributed by atoms with Crippen molar-refractivity contribution in [2.45, 2.75) is 13.0 Å². The van der Waals surface area contributed by atoms with Crippen LogP contribution in [0.15, 0.2) is 60.4 Å². The highest BCUT2D eigenvalue weighted by atomic mass is 35.5. The van der Waals surface area contributed by atoms with Crippen molar-refractivity contribution in [1.82, 2.24) is 4.90 Å². The normalized spacial score (nSPS) is 16.0. The number of hydrogen-bond acceptors (Lipinski definition) is 6. The van der Waals surface area contributed by atoms with E-state index in [2.05, 4.69) is 4.90 Å². The third-order valence-corrected chi connectivity index (χ3v) is 6.43. The van der Waals surface area contributed by atoms with E-state index in [4.69, 9.17) is 30.5 Å². The minimum absolute atomic E-state index is 0.170. The van der Waals surface area contributed by atoms with Gasteiger partial charge in [-0.25, -0.2) is 0 Å². The van der Waals surface area contributed by atoms with Gasteiger partial charge in [-0.2, -0.15) is 0 Å². The molecule has 3 aromatic rings. The van der Waals surface area contributed by atoms with Crippen molar-refractivity contribution in [2.75, 3.05) is 27.5 Å². The van der Waals surface area contributed by atoms with Gasteiger partial charge in [0.2, 0.25) is 5.78 Å². The van der Waals surface area contributed by atoms with Crippen molar-refractivity contribution in [1.29, 1.82) is 0 Å². The van der Waals surface area contributed by atoms with Gasteiger partial charge in [0.05, 0.1) is 25.3 Å². The Morgan fingerprint density at radius 2 is 1.94 bits per heavy atom. The maximum Gasteiger partial charge on any atom is 0.231 e. The number of hydrogen-bond donors (Lipinski definition) is 0. The molecule has 174 valence electrons. The Kier molecular flexibility index (Phi) is 6.18. The first-order valence-corrected chi connectivity index (χ1v) is 11.4. The maximum absolute atomic E-state index is 13.1. The van der Waals surface area contributed by atoms with Gasteiger partial charge in [0, 0.05) is 23.7 Å². The largest absolute Gasteiger partial charge is 0.497 e. The Morgan fingerprint density at radius 1 is 1.09 bits per heavy atom. The molecule has 0 saturated carbocycles. The van der Waals surface area contributed by atoms with Crippen molar-refractivity contribution in [3.8, 4) is 23.0 Å². The predicted octanol–water partition coefficient (Wildman–Crippen LogP) is 5.37. The van der Waals surface area contributed by atoms with Crippen LogP contribution in [-0.4, -0.2) is 38.2 Å². The van der Waals surface area contributed by atoms with Crippen LogP contribution in [0, 0.1) is 0 Å². The summed E-state index contributed by atoms with van der Waals surface area (Å²) in [4.78, 5) is 15.3. The second-order valence-electron chi connectivity index (χ2n) is 8.13. The van der Waals surface area contributed by atoms with Crippen molar-refractivity contribution in [2.24, 2.45) is 0 Å². The number of ketones is 1. The fourth-order valence-electron chi connectivity index (χ4n) is 4.22. The molecule has 0 amide bonds. The van der Waals surface area contributed by atoms with E-state index in [1.807, 2.05) is 30.3 Å². The quantitative estimate of drug-likeness (QED) is 0.445. The number of halogens is 1. The number of ether oxygens (including phenoxy) is 4. The highest BCUT2D eigenvalue weighted by Gasteiger charge is 2.33. The van der Waals surface area contributed by atoms with Crippen LogP contribution >= 0.6 is 11.6 Å². The third kappa shape index (κ3) is 4.22. The number of fused-ring (bicyclic) bond motifs is 3. The molecule has 34 heavy (non-hydrogen) atoms. The minimum Gasteiger partial charge on any atom is -0.497 e. The standard InChI is InChI=1S/C27H24ClNO5/c1-31-19-7-9-23(32-2)18(13-19)14-25-26(30)20-8-10-24-21(27(20)34-25)15-29(16-33-24)12-11-17-5-3-4-6-22(17)28/h3-10,13-14H,11-12,15-16H2,1-2H3/b25-14-.